The zero-order valence-corrected chi connectivity index (χ0v) is 11.3. The van der Waals surface area contributed by atoms with Gasteiger partial charge in [0.2, 0.25) is 0 Å². The molecule has 1 aliphatic heterocycles. The molecule has 21 heavy (non-hydrogen) atoms. The van der Waals surface area contributed by atoms with Crippen LogP contribution in [0, 0.1) is 0 Å². The molecule has 0 aromatic heterocycles. The molecule has 1 aliphatic rings. The van der Waals surface area contributed by atoms with Crippen molar-refractivity contribution in [3.8, 4) is 0 Å². The van der Waals surface area contributed by atoms with Crippen molar-refractivity contribution < 1.29 is 29.1 Å². The number of azide groups is 1. The van der Waals surface area contributed by atoms with Gasteiger partial charge in [-0.2, -0.15) is 0 Å². The Morgan fingerprint density at radius 1 is 1.38 bits per heavy atom. The van der Waals surface area contributed by atoms with Crippen molar-refractivity contribution in [1.82, 2.24) is 5.06 Å². The lowest BCUT2D eigenvalue weighted by atomic mass is 10.2. The van der Waals surface area contributed by atoms with Crippen LogP contribution in [0.25, 0.3) is 10.4 Å². The van der Waals surface area contributed by atoms with E-state index in [0.29, 0.717) is 13.0 Å². The van der Waals surface area contributed by atoms with E-state index in [1.165, 1.54) is 0 Å². The zero-order valence-electron chi connectivity index (χ0n) is 11.3. The quantitative estimate of drug-likeness (QED) is 0.225. The first kappa shape index (κ1) is 16.7. The summed E-state index contributed by atoms with van der Waals surface area (Å²) in [4.78, 5) is 40.0. The highest BCUT2D eigenvalue weighted by molar-refractivity contribution is 6.04. The molecule has 1 N–H and O–H groups in total. The highest BCUT2D eigenvalue weighted by Gasteiger charge is 2.42. The SMILES string of the molecule is [N-]=[N+]=NCCCCCCOC1CC(=O)N(OC(=O)O)C1=O. The number of ether oxygens (including phenoxy) is 1. The summed E-state index contributed by atoms with van der Waals surface area (Å²) in [6.45, 7) is 0.737. The van der Waals surface area contributed by atoms with Crippen LogP contribution in [0.1, 0.15) is 32.1 Å². The summed E-state index contributed by atoms with van der Waals surface area (Å²) in [5.74, 6) is -1.53. The Bertz CT molecular complexity index is 448. The van der Waals surface area contributed by atoms with Crippen LogP contribution in [0.4, 0.5) is 4.79 Å². The van der Waals surface area contributed by atoms with E-state index in [1.54, 1.807) is 0 Å². The summed E-state index contributed by atoms with van der Waals surface area (Å²) in [6, 6.07) is 0. The molecular weight excluding hydrogens is 284 g/mol. The summed E-state index contributed by atoms with van der Waals surface area (Å²) in [6.07, 6.45) is 0.249. The highest BCUT2D eigenvalue weighted by atomic mass is 16.8. The zero-order chi connectivity index (χ0) is 15.7. The molecule has 0 spiro atoms. The first-order valence-electron chi connectivity index (χ1n) is 6.46. The number of imide groups is 1. The molecule has 0 aromatic rings. The monoisotopic (exact) mass is 300 g/mol. The molecule has 1 unspecified atom stereocenters. The fourth-order valence-corrected chi connectivity index (χ4v) is 1.80. The van der Waals surface area contributed by atoms with Crippen LogP contribution in [0.15, 0.2) is 5.11 Å². The Morgan fingerprint density at radius 3 is 2.76 bits per heavy atom. The molecule has 1 atom stereocenters. The van der Waals surface area contributed by atoms with Crippen LogP contribution in [-0.4, -0.2) is 47.4 Å². The Morgan fingerprint density at radius 2 is 2.10 bits per heavy atom. The minimum Gasteiger partial charge on any atom is -0.448 e. The summed E-state index contributed by atoms with van der Waals surface area (Å²) in [5, 5.41) is 12.0. The molecule has 0 aliphatic carbocycles. The largest absolute Gasteiger partial charge is 0.531 e. The maximum atomic E-state index is 11.6. The maximum Gasteiger partial charge on any atom is 0.531 e. The van der Waals surface area contributed by atoms with Gasteiger partial charge < -0.3 is 9.84 Å². The normalized spacial score (nSPS) is 17.7. The summed E-state index contributed by atoms with van der Waals surface area (Å²) >= 11 is 0. The van der Waals surface area contributed by atoms with Crippen molar-refractivity contribution in [3.63, 3.8) is 0 Å². The van der Waals surface area contributed by atoms with Gasteiger partial charge in [0.15, 0.2) is 0 Å². The van der Waals surface area contributed by atoms with Gasteiger partial charge >= 0.3 is 6.16 Å². The second kappa shape index (κ2) is 8.77. The summed E-state index contributed by atoms with van der Waals surface area (Å²) in [5.41, 5.74) is 8.08. The van der Waals surface area contributed by atoms with E-state index in [1.807, 2.05) is 0 Å². The minimum absolute atomic E-state index is 0.215. The van der Waals surface area contributed by atoms with Crippen molar-refractivity contribution in [1.29, 1.82) is 0 Å². The van der Waals surface area contributed by atoms with E-state index in [0.717, 1.165) is 19.3 Å². The van der Waals surface area contributed by atoms with Crippen LogP contribution in [-0.2, 0) is 19.2 Å². The maximum absolute atomic E-state index is 11.6. The third-order valence-corrected chi connectivity index (χ3v) is 2.77. The molecule has 116 valence electrons. The summed E-state index contributed by atoms with van der Waals surface area (Å²) < 4.78 is 5.26. The van der Waals surface area contributed by atoms with Gasteiger partial charge in [0.05, 0.1) is 6.42 Å². The number of carbonyl (C=O) groups excluding carboxylic acids is 2. The molecule has 1 rings (SSSR count). The van der Waals surface area contributed by atoms with Gasteiger partial charge in [-0.15, -0.1) is 0 Å². The van der Waals surface area contributed by atoms with E-state index in [-0.39, 0.29) is 18.1 Å². The number of nitrogens with zero attached hydrogens (tertiary/aromatic N) is 4. The van der Waals surface area contributed by atoms with Gasteiger partial charge in [0.25, 0.3) is 11.8 Å². The van der Waals surface area contributed by atoms with Crippen molar-refractivity contribution in [2.45, 2.75) is 38.2 Å². The van der Waals surface area contributed by atoms with Gasteiger partial charge in [0.1, 0.15) is 6.10 Å². The summed E-state index contributed by atoms with van der Waals surface area (Å²) in [7, 11) is 0. The first-order chi connectivity index (χ1) is 10.1. The van der Waals surface area contributed by atoms with Crippen molar-refractivity contribution >= 4 is 18.0 Å². The molecule has 0 saturated carbocycles. The minimum atomic E-state index is -1.72. The fourth-order valence-electron chi connectivity index (χ4n) is 1.80. The second-order valence-corrected chi connectivity index (χ2v) is 4.32. The van der Waals surface area contributed by atoms with E-state index in [2.05, 4.69) is 14.9 Å². The van der Waals surface area contributed by atoms with Gasteiger partial charge in [-0.1, -0.05) is 23.0 Å². The number of carboxylic acid groups (broad SMARTS) is 1. The number of hydroxylamine groups is 2. The van der Waals surface area contributed by atoms with Crippen LogP contribution < -0.4 is 0 Å². The number of unbranched alkanes of at least 4 members (excludes halogenated alkanes) is 3. The van der Waals surface area contributed by atoms with Crippen LogP contribution in [0.2, 0.25) is 0 Å². The molecular formula is C11H16N4O6. The molecule has 2 amide bonds. The number of rotatable bonds is 9. The lowest BCUT2D eigenvalue weighted by Gasteiger charge is -2.11. The average Bonchev–Trinajstić information content (AvgIpc) is 2.69. The van der Waals surface area contributed by atoms with Gasteiger partial charge in [0, 0.05) is 18.1 Å². The van der Waals surface area contributed by atoms with E-state index in [9.17, 15) is 14.4 Å². The molecule has 10 heteroatoms. The van der Waals surface area contributed by atoms with Crippen molar-refractivity contribution in [2.24, 2.45) is 5.11 Å². The Balaban J connectivity index is 2.18. The molecule has 0 bridgehead atoms. The molecule has 10 nitrogen and oxygen atoms in total. The highest BCUT2D eigenvalue weighted by Crippen LogP contribution is 2.17. The predicted molar refractivity (Wildman–Crippen MR) is 67.8 cm³/mol. The first-order valence-corrected chi connectivity index (χ1v) is 6.46. The van der Waals surface area contributed by atoms with Gasteiger partial charge in [-0.25, -0.2) is 4.79 Å². The van der Waals surface area contributed by atoms with Crippen LogP contribution in [0.5, 0.6) is 0 Å². The molecule has 1 heterocycles. The predicted octanol–water partition coefficient (Wildman–Crippen LogP) is 1.61. The Labute approximate surface area is 120 Å². The van der Waals surface area contributed by atoms with E-state index in [4.69, 9.17) is 15.4 Å². The molecule has 1 saturated heterocycles. The van der Waals surface area contributed by atoms with Crippen molar-refractivity contribution in [2.75, 3.05) is 13.2 Å². The van der Waals surface area contributed by atoms with Crippen molar-refractivity contribution in [3.05, 3.63) is 10.4 Å². The Hall–Kier alpha value is -2.32. The topological polar surface area (TPSA) is 142 Å². The fraction of sp³-hybridized carbons (Fsp3) is 0.727. The van der Waals surface area contributed by atoms with Crippen LogP contribution in [0.3, 0.4) is 0 Å². The Kier molecular flexibility index (Phi) is 6.99. The third kappa shape index (κ3) is 5.67. The lowest BCUT2D eigenvalue weighted by molar-refractivity contribution is -0.178. The third-order valence-electron chi connectivity index (χ3n) is 2.77. The van der Waals surface area contributed by atoms with Crippen LogP contribution >= 0.6 is 0 Å². The lowest BCUT2D eigenvalue weighted by Crippen LogP contribution is -2.34. The second-order valence-electron chi connectivity index (χ2n) is 4.32. The number of hydrogen-bond donors (Lipinski definition) is 1. The number of amides is 2. The van der Waals surface area contributed by atoms with E-state index >= 15 is 0 Å². The number of hydrogen-bond acceptors (Lipinski definition) is 6. The van der Waals surface area contributed by atoms with Gasteiger partial charge in [-0.3, -0.25) is 14.4 Å². The molecule has 0 radical (unpaired) electrons. The standard InChI is InChI=1S/C11H16N4O6/c12-14-13-5-3-1-2-4-6-20-8-7-9(16)15(10(8)17)21-11(18)19/h8H,1-7H2,(H,18,19). The smallest absolute Gasteiger partial charge is 0.448 e. The molecule has 1 fully saturated rings. The average molecular weight is 300 g/mol. The van der Waals surface area contributed by atoms with Gasteiger partial charge in [-0.05, 0) is 18.4 Å². The van der Waals surface area contributed by atoms with E-state index < -0.39 is 24.1 Å². The molecule has 0 aromatic carbocycles. The number of carbonyl (C=O) groups is 3.